The molecule has 0 aliphatic carbocycles. The van der Waals surface area contributed by atoms with Gasteiger partial charge in [0.15, 0.2) is 23.4 Å². The minimum absolute atomic E-state index is 0.00102. The molecule has 0 aromatic heterocycles. The van der Waals surface area contributed by atoms with E-state index in [0.29, 0.717) is 5.56 Å². The van der Waals surface area contributed by atoms with Crippen molar-refractivity contribution in [3.8, 4) is 17.2 Å². The van der Waals surface area contributed by atoms with Crippen LogP contribution in [0.3, 0.4) is 0 Å². The third-order valence-corrected chi connectivity index (χ3v) is 2.32. The van der Waals surface area contributed by atoms with Gasteiger partial charge < -0.3 is 20.1 Å². The summed E-state index contributed by atoms with van der Waals surface area (Å²) in [5.74, 6) is -2.24. The first kappa shape index (κ1) is 11.1. The van der Waals surface area contributed by atoms with Crippen LogP contribution >= 0.6 is 0 Å². The summed E-state index contributed by atoms with van der Waals surface area (Å²) in [6.07, 6.45) is -1.82. The van der Waals surface area contributed by atoms with Crippen LogP contribution in [0.25, 0.3) is 0 Å². The summed E-state index contributed by atoms with van der Waals surface area (Å²) in [5, 5.41) is 29.6. The van der Waals surface area contributed by atoms with Gasteiger partial charge in [-0.2, -0.15) is 0 Å². The fraction of sp³-hybridized carbons (Fsp3) is 0.200. The molecule has 4 N–H and O–H groups in total. The van der Waals surface area contributed by atoms with Gasteiger partial charge in [0.1, 0.15) is 0 Å². The number of carbonyl (C=O) groups excluding carboxylic acids is 2. The number of alkyl carbamates (subject to hydrolysis) is 1. The Bertz CT molecular complexity index is 475. The molecule has 0 saturated carbocycles. The third kappa shape index (κ3) is 2.07. The van der Waals surface area contributed by atoms with E-state index in [-0.39, 0.29) is 6.42 Å². The van der Waals surface area contributed by atoms with E-state index < -0.39 is 35.4 Å². The van der Waals surface area contributed by atoms with E-state index in [1.807, 2.05) is 5.32 Å². The molecule has 17 heavy (non-hydrogen) atoms. The topological polar surface area (TPSA) is 116 Å². The molecular formula is C10H9NO6. The van der Waals surface area contributed by atoms with Gasteiger partial charge in [-0.3, -0.25) is 10.1 Å². The van der Waals surface area contributed by atoms with Gasteiger partial charge in [0.2, 0.25) is 0 Å². The predicted octanol–water partition coefficient (Wildman–Crippen LogP) is -0.0191. The lowest BCUT2D eigenvalue weighted by atomic mass is 10.1. The zero-order valence-electron chi connectivity index (χ0n) is 8.51. The van der Waals surface area contributed by atoms with Crippen molar-refractivity contribution in [2.45, 2.75) is 12.5 Å². The quantitative estimate of drug-likeness (QED) is 0.539. The molecule has 1 unspecified atom stereocenters. The minimum Gasteiger partial charge on any atom is -0.504 e. The van der Waals surface area contributed by atoms with Crippen molar-refractivity contribution in [1.29, 1.82) is 0 Å². The number of rotatable bonds is 2. The van der Waals surface area contributed by atoms with Crippen molar-refractivity contribution in [1.82, 2.24) is 5.32 Å². The van der Waals surface area contributed by atoms with E-state index in [2.05, 4.69) is 4.74 Å². The standard InChI is InChI=1S/C10H9NO6/c12-5-1-4(2-6(13)8(5)14)3-7-9(15)11-10(16)17-7/h1-2,7,12-14H,3H2,(H,11,15,16). The lowest BCUT2D eigenvalue weighted by molar-refractivity contribution is -0.123. The summed E-state index contributed by atoms with van der Waals surface area (Å²) in [4.78, 5) is 21.9. The molecule has 0 spiro atoms. The molecule has 1 aliphatic rings. The molecule has 1 fully saturated rings. The Morgan fingerprint density at radius 1 is 1.18 bits per heavy atom. The SMILES string of the molecule is O=C1NC(=O)C(Cc2cc(O)c(O)c(O)c2)O1. The van der Waals surface area contributed by atoms with Crippen molar-refractivity contribution in [3.63, 3.8) is 0 Å². The molecule has 1 heterocycles. The van der Waals surface area contributed by atoms with E-state index in [1.54, 1.807) is 0 Å². The van der Waals surface area contributed by atoms with Gasteiger partial charge in [-0.15, -0.1) is 0 Å². The zero-order valence-corrected chi connectivity index (χ0v) is 8.51. The first-order valence-electron chi connectivity index (χ1n) is 4.72. The monoisotopic (exact) mass is 239 g/mol. The molecule has 2 amide bonds. The fourth-order valence-electron chi connectivity index (χ4n) is 1.52. The summed E-state index contributed by atoms with van der Waals surface area (Å²) >= 11 is 0. The highest BCUT2D eigenvalue weighted by Crippen LogP contribution is 2.35. The van der Waals surface area contributed by atoms with Gasteiger partial charge >= 0.3 is 6.09 Å². The van der Waals surface area contributed by atoms with Crippen LogP contribution < -0.4 is 5.32 Å². The molecule has 1 atom stereocenters. The normalized spacial score (nSPS) is 18.9. The lowest BCUT2D eigenvalue weighted by Gasteiger charge is -2.08. The predicted molar refractivity (Wildman–Crippen MR) is 53.6 cm³/mol. The number of ether oxygens (including phenoxy) is 1. The van der Waals surface area contributed by atoms with E-state index in [9.17, 15) is 19.8 Å². The van der Waals surface area contributed by atoms with E-state index >= 15 is 0 Å². The molecule has 0 radical (unpaired) electrons. The van der Waals surface area contributed by atoms with Gasteiger partial charge in [-0.05, 0) is 17.7 Å². The van der Waals surface area contributed by atoms with E-state index in [4.69, 9.17) is 5.11 Å². The van der Waals surface area contributed by atoms with Crippen LogP contribution in [0, 0.1) is 0 Å². The van der Waals surface area contributed by atoms with Crippen LogP contribution in [0.2, 0.25) is 0 Å². The molecule has 7 nitrogen and oxygen atoms in total. The van der Waals surface area contributed by atoms with Crippen LogP contribution in [-0.4, -0.2) is 33.4 Å². The number of amides is 2. The highest BCUT2D eigenvalue weighted by atomic mass is 16.6. The second-order valence-corrected chi connectivity index (χ2v) is 3.57. The van der Waals surface area contributed by atoms with Gasteiger partial charge in [-0.1, -0.05) is 0 Å². The van der Waals surface area contributed by atoms with Crippen LogP contribution in [0.4, 0.5) is 4.79 Å². The second kappa shape index (κ2) is 3.85. The summed E-state index contributed by atoms with van der Waals surface area (Å²) in [6.45, 7) is 0. The molecular weight excluding hydrogens is 230 g/mol. The van der Waals surface area contributed by atoms with Crippen molar-refractivity contribution in [3.05, 3.63) is 17.7 Å². The molecule has 7 heteroatoms. The maximum Gasteiger partial charge on any atom is 0.414 e. The van der Waals surface area contributed by atoms with Gasteiger partial charge in [0.05, 0.1) is 0 Å². The van der Waals surface area contributed by atoms with E-state index in [1.165, 1.54) is 12.1 Å². The number of phenols is 3. The smallest absolute Gasteiger partial charge is 0.414 e. The number of benzene rings is 1. The Morgan fingerprint density at radius 2 is 1.76 bits per heavy atom. The molecule has 2 rings (SSSR count). The summed E-state index contributed by atoms with van der Waals surface area (Å²) in [6, 6.07) is 2.35. The summed E-state index contributed by atoms with van der Waals surface area (Å²) in [5.41, 5.74) is 0.354. The summed E-state index contributed by atoms with van der Waals surface area (Å²) < 4.78 is 4.66. The Morgan fingerprint density at radius 3 is 2.24 bits per heavy atom. The molecule has 1 saturated heterocycles. The molecule has 1 aliphatic heterocycles. The number of phenolic OH excluding ortho intramolecular Hbond substituents is 3. The van der Waals surface area contributed by atoms with Crippen LogP contribution in [0.1, 0.15) is 5.56 Å². The number of hydrogen-bond acceptors (Lipinski definition) is 6. The van der Waals surface area contributed by atoms with Crippen LogP contribution in [0.5, 0.6) is 17.2 Å². The molecule has 1 aromatic rings. The van der Waals surface area contributed by atoms with Crippen LogP contribution in [0.15, 0.2) is 12.1 Å². The first-order valence-corrected chi connectivity index (χ1v) is 4.72. The van der Waals surface area contributed by atoms with Crippen molar-refractivity contribution >= 4 is 12.0 Å². The average Bonchev–Trinajstić information content (AvgIpc) is 2.54. The lowest BCUT2D eigenvalue weighted by Crippen LogP contribution is -2.25. The largest absolute Gasteiger partial charge is 0.504 e. The Labute approximate surface area is 95.3 Å². The van der Waals surface area contributed by atoms with Crippen molar-refractivity contribution in [2.75, 3.05) is 0 Å². The van der Waals surface area contributed by atoms with Crippen molar-refractivity contribution in [2.24, 2.45) is 0 Å². The number of imide groups is 1. The first-order chi connectivity index (χ1) is 7.97. The number of aromatic hydroxyl groups is 3. The maximum atomic E-state index is 11.2. The number of cyclic esters (lactones) is 1. The Kier molecular flexibility index (Phi) is 2.51. The number of carbonyl (C=O) groups is 2. The third-order valence-electron chi connectivity index (χ3n) is 2.32. The number of hydrogen-bond donors (Lipinski definition) is 4. The van der Waals surface area contributed by atoms with Gasteiger partial charge in [-0.25, -0.2) is 4.79 Å². The maximum absolute atomic E-state index is 11.2. The van der Waals surface area contributed by atoms with Gasteiger partial charge in [0.25, 0.3) is 5.91 Å². The highest BCUT2D eigenvalue weighted by Gasteiger charge is 2.32. The summed E-state index contributed by atoms with van der Waals surface area (Å²) in [7, 11) is 0. The average molecular weight is 239 g/mol. The fourth-order valence-corrected chi connectivity index (χ4v) is 1.52. The molecule has 0 bridgehead atoms. The minimum atomic E-state index is -0.995. The molecule has 90 valence electrons. The Hall–Kier alpha value is -2.44. The molecule has 1 aromatic carbocycles. The highest BCUT2D eigenvalue weighted by molar-refractivity contribution is 6.00. The van der Waals surface area contributed by atoms with Crippen LogP contribution in [-0.2, 0) is 16.0 Å². The zero-order chi connectivity index (χ0) is 12.6. The number of nitrogens with one attached hydrogen (secondary N) is 1. The van der Waals surface area contributed by atoms with Gasteiger partial charge in [0, 0.05) is 6.42 Å². The van der Waals surface area contributed by atoms with Crippen molar-refractivity contribution < 1.29 is 29.6 Å². The van der Waals surface area contributed by atoms with E-state index in [0.717, 1.165) is 0 Å². The second-order valence-electron chi connectivity index (χ2n) is 3.57. The Balaban J connectivity index is 2.19.